The minimum atomic E-state index is -1.42. The average Bonchev–Trinajstić information content (AvgIpc) is 2.63. The second kappa shape index (κ2) is 3.47. The van der Waals surface area contributed by atoms with Crippen LogP contribution in [-0.2, 0) is 0 Å². The predicted molar refractivity (Wildman–Crippen MR) is 65.3 cm³/mol. The van der Waals surface area contributed by atoms with Crippen molar-refractivity contribution >= 4 is 23.2 Å². The van der Waals surface area contributed by atoms with Crippen LogP contribution in [0.4, 0.5) is 8.78 Å². The quantitative estimate of drug-likeness (QED) is 0.536. The third-order valence-electron chi connectivity index (χ3n) is 4.80. The first-order valence-corrected chi connectivity index (χ1v) is 6.32. The van der Waals surface area contributed by atoms with Crippen LogP contribution in [0, 0.1) is 22.7 Å². The Morgan fingerprint density at radius 2 is 0.812 bits per heavy atom. The third-order valence-corrected chi connectivity index (χ3v) is 6.43. The van der Waals surface area contributed by atoms with Gasteiger partial charge in [-0.15, -0.1) is 0 Å². The normalized spacial score (nSPS) is 51.4. The van der Waals surface area contributed by atoms with Gasteiger partial charge in [0.2, 0.25) is 0 Å². The van der Waals surface area contributed by atoms with E-state index in [4.69, 9.17) is 23.2 Å². The van der Waals surface area contributed by atoms with Crippen molar-refractivity contribution < 1.29 is 8.78 Å². The average molecular weight is 273 g/mol. The molecule has 0 bridgehead atoms. The standard InChI is InChI=1S/2C6H10ClF/c2*1-4-5(2,3)6(4,7)8/h2*4H,1-3H3. The van der Waals surface area contributed by atoms with Crippen molar-refractivity contribution in [3.63, 3.8) is 0 Å². The number of halogens is 4. The minimum Gasteiger partial charge on any atom is -0.225 e. The Balaban J connectivity index is 0.000000160. The highest BCUT2D eigenvalue weighted by atomic mass is 35.5. The van der Waals surface area contributed by atoms with Crippen LogP contribution in [0.2, 0.25) is 0 Å². The zero-order valence-corrected chi connectivity index (χ0v) is 12.2. The molecule has 4 unspecified atom stereocenters. The van der Waals surface area contributed by atoms with Gasteiger partial charge in [-0.3, -0.25) is 0 Å². The van der Waals surface area contributed by atoms with Crippen molar-refractivity contribution in [3.05, 3.63) is 0 Å². The molecule has 0 aromatic heterocycles. The van der Waals surface area contributed by atoms with Crippen LogP contribution in [0.5, 0.6) is 0 Å². The first-order chi connectivity index (χ1) is 6.81. The number of hydrogen-bond acceptors (Lipinski definition) is 0. The lowest BCUT2D eigenvalue weighted by molar-refractivity contribution is 0.348. The summed E-state index contributed by atoms with van der Waals surface area (Å²) in [5, 5.41) is -2.85. The Hall–Kier alpha value is 0.440. The van der Waals surface area contributed by atoms with Crippen molar-refractivity contribution in [3.8, 4) is 0 Å². The van der Waals surface area contributed by atoms with Crippen LogP contribution in [0.25, 0.3) is 0 Å². The predicted octanol–water partition coefficient (Wildman–Crippen LogP) is 5.13. The topological polar surface area (TPSA) is 0 Å². The SMILES string of the molecule is CC1C(C)(C)C1(F)Cl.CC1C(C)(C)C1(F)Cl. The summed E-state index contributed by atoms with van der Waals surface area (Å²) in [6, 6.07) is 0. The Bertz CT molecular complexity index is 237. The molecular weight excluding hydrogens is 253 g/mol. The minimum absolute atomic E-state index is 0.0108. The molecule has 2 rings (SSSR count). The molecule has 0 aromatic rings. The fourth-order valence-corrected chi connectivity index (χ4v) is 2.56. The summed E-state index contributed by atoms with van der Waals surface area (Å²) in [6.45, 7) is 11.0. The van der Waals surface area contributed by atoms with E-state index in [0.717, 1.165) is 0 Å². The second-order valence-electron chi connectivity index (χ2n) is 6.13. The van der Waals surface area contributed by atoms with Gasteiger partial charge >= 0.3 is 0 Å². The van der Waals surface area contributed by atoms with E-state index in [9.17, 15) is 8.78 Å². The van der Waals surface area contributed by atoms with Gasteiger partial charge in [0.25, 0.3) is 0 Å². The highest BCUT2D eigenvalue weighted by Crippen LogP contribution is 2.67. The molecule has 0 aliphatic heterocycles. The van der Waals surface area contributed by atoms with E-state index in [2.05, 4.69) is 0 Å². The Morgan fingerprint density at radius 1 is 0.750 bits per heavy atom. The van der Waals surface area contributed by atoms with Gasteiger partial charge in [0.05, 0.1) is 0 Å². The molecule has 2 fully saturated rings. The summed E-state index contributed by atoms with van der Waals surface area (Å²) in [5.41, 5.74) is -0.594. The van der Waals surface area contributed by atoms with E-state index in [0.29, 0.717) is 0 Å². The molecule has 2 saturated carbocycles. The van der Waals surface area contributed by atoms with Crippen molar-refractivity contribution in [2.45, 2.75) is 51.8 Å². The highest BCUT2D eigenvalue weighted by Gasteiger charge is 2.70. The lowest BCUT2D eigenvalue weighted by atomic mass is 10.1. The summed E-state index contributed by atoms with van der Waals surface area (Å²) >= 11 is 10.8. The van der Waals surface area contributed by atoms with E-state index >= 15 is 0 Å². The number of alkyl halides is 4. The maximum atomic E-state index is 12.7. The fourth-order valence-electron chi connectivity index (χ4n) is 1.80. The van der Waals surface area contributed by atoms with Crippen molar-refractivity contribution in [1.82, 2.24) is 0 Å². The lowest BCUT2D eigenvalue weighted by Gasteiger charge is -1.97. The summed E-state index contributed by atoms with van der Waals surface area (Å²) in [7, 11) is 0. The molecule has 0 spiro atoms. The summed E-state index contributed by atoms with van der Waals surface area (Å²) < 4.78 is 25.5. The molecule has 0 aromatic carbocycles. The van der Waals surface area contributed by atoms with Gasteiger partial charge in [-0.2, -0.15) is 0 Å². The van der Waals surface area contributed by atoms with Gasteiger partial charge in [-0.05, 0) is 0 Å². The number of rotatable bonds is 0. The molecule has 0 radical (unpaired) electrons. The lowest BCUT2D eigenvalue weighted by Crippen LogP contribution is -1.97. The maximum Gasteiger partial charge on any atom is 0.192 e. The molecule has 96 valence electrons. The van der Waals surface area contributed by atoms with Gasteiger partial charge < -0.3 is 0 Å². The zero-order valence-electron chi connectivity index (χ0n) is 10.7. The first-order valence-electron chi connectivity index (χ1n) is 5.57. The largest absolute Gasteiger partial charge is 0.225 e. The van der Waals surface area contributed by atoms with E-state index in [1.807, 2.05) is 41.5 Å². The van der Waals surface area contributed by atoms with E-state index in [1.165, 1.54) is 0 Å². The van der Waals surface area contributed by atoms with E-state index in [1.54, 1.807) is 0 Å². The summed E-state index contributed by atoms with van der Waals surface area (Å²) in [5.74, 6) is 0.0216. The van der Waals surface area contributed by atoms with E-state index in [-0.39, 0.29) is 22.7 Å². The van der Waals surface area contributed by atoms with Gasteiger partial charge in [0.15, 0.2) is 10.3 Å². The molecule has 2 aliphatic rings. The van der Waals surface area contributed by atoms with Crippen LogP contribution in [0.1, 0.15) is 41.5 Å². The first kappa shape index (κ1) is 14.5. The van der Waals surface area contributed by atoms with Crippen LogP contribution < -0.4 is 0 Å². The fraction of sp³-hybridized carbons (Fsp3) is 1.00. The molecule has 0 amide bonds. The second-order valence-corrected chi connectivity index (χ2v) is 7.23. The molecule has 16 heavy (non-hydrogen) atoms. The zero-order chi connectivity index (χ0) is 13.2. The van der Waals surface area contributed by atoms with E-state index < -0.39 is 10.3 Å². The van der Waals surface area contributed by atoms with Gasteiger partial charge in [0.1, 0.15) is 0 Å². The van der Waals surface area contributed by atoms with Gasteiger partial charge in [0, 0.05) is 22.7 Å². The van der Waals surface area contributed by atoms with Crippen LogP contribution >= 0.6 is 23.2 Å². The monoisotopic (exact) mass is 272 g/mol. The van der Waals surface area contributed by atoms with Crippen molar-refractivity contribution in [2.75, 3.05) is 0 Å². The van der Waals surface area contributed by atoms with Gasteiger partial charge in [-0.25, -0.2) is 8.78 Å². The van der Waals surface area contributed by atoms with Crippen molar-refractivity contribution in [1.29, 1.82) is 0 Å². The van der Waals surface area contributed by atoms with Gasteiger partial charge in [-0.1, -0.05) is 64.7 Å². The van der Waals surface area contributed by atoms with Crippen LogP contribution in [-0.4, -0.2) is 10.3 Å². The Kier molecular flexibility index (Phi) is 3.15. The van der Waals surface area contributed by atoms with Crippen LogP contribution in [0.15, 0.2) is 0 Å². The molecular formula is C12H20Cl2F2. The molecule has 0 heterocycles. The molecule has 0 N–H and O–H groups in total. The Morgan fingerprint density at radius 3 is 0.812 bits per heavy atom. The molecule has 0 nitrogen and oxygen atoms in total. The molecule has 0 saturated heterocycles. The molecule has 4 heteroatoms. The van der Waals surface area contributed by atoms with Crippen LogP contribution in [0.3, 0.4) is 0 Å². The maximum absolute atomic E-state index is 12.7. The smallest absolute Gasteiger partial charge is 0.192 e. The number of hydrogen-bond donors (Lipinski definition) is 0. The molecule has 4 atom stereocenters. The Labute approximate surface area is 107 Å². The summed E-state index contributed by atoms with van der Waals surface area (Å²) in [4.78, 5) is 0. The molecule has 2 aliphatic carbocycles. The highest BCUT2D eigenvalue weighted by molar-refractivity contribution is 6.26. The van der Waals surface area contributed by atoms with Crippen molar-refractivity contribution in [2.24, 2.45) is 22.7 Å². The summed E-state index contributed by atoms with van der Waals surface area (Å²) in [6.07, 6.45) is 0. The third kappa shape index (κ3) is 1.77.